The molecule has 0 bridgehead atoms. The van der Waals surface area contributed by atoms with Crippen LogP contribution in [0.5, 0.6) is 5.75 Å². The van der Waals surface area contributed by atoms with E-state index in [4.69, 9.17) is 4.74 Å². The van der Waals surface area contributed by atoms with E-state index in [1.54, 1.807) is 31.6 Å². The van der Waals surface area contributed by atoms with Crippen LogP contribution in [0.25, 0.3) is 0 Å². The van der Waals surface area contributed by atoms with Gasteiger partial charge in [0.1, 0.15) is 5.75 Å². The van der Waals surface area contributed by atoms with Crippen molar-refractivity contribution in [3.63, 3.8) is 0 Å². The van der Waals surface area contributed by atoms with Gasteiger partial charge in [0.25, 0.3) is 5.91 Å². The van der Waals surface area contributed by atoms with Crippen LogP contribution in [0.2, 0.25) is 0 Å². The highest BCUT2D eigenvalue weighted by molar-refractivity contribution is 7.84. The first kappa shape index (κ1) is 16.5. The Labute approximate surface area is 139 Å². The summed E-state index contributed by atoms with van der Waals surface area (Å²) >= 11 is 0. The molecule has 2 unspecified atom stereocenters. The van der Waals surface area contributed by atoms with Crippen LogP contribution in [0.4, 0.5) is 0 Å². The molecule has 2 atom stereocenters. The Morgan fingerprint density at radius 3 is 2.83 bits per heavy atom. The minimum absolute atomic E-state index is 0.156. The number of nitrogens with one attached hydrogen (secondary N) is 1. The van der Waals surface area contributed by atoms with E-state index in [0.717, 1.165) is 19.0 Å². The topological polar surface area (TPSA) is 58.6 Å². The van der Waals surface area contributed by atoms with Crippen molar-refractivity contribution in [1.29, 1.82) is 0 Å². The molecule has 2 fully saturated rings. The van der Waals surface area contributed by atoms with Crippen molar-refractivity contribution in [3.8, 4) is 5.75 Å². The summed E-state index contributed by atoms with van der Waals surface area (Å²) in [5.41, 5.74) is 0.455. The van der Waals surface area contributed by atoms with Crippen molar-refractivity contribution in [2.24, 2.45) is 0 Å². The number of rotatable bonds is 6. The Kier molecular flexibility index (Phi) is 5.02. The summed E-state index contributed by atoms with van der Waals surface area (Å²) in [5.74, 6) is 0.360. The fraction of sp³-hybridized carbons (Fsp3) is 0.588. The molecule has 1 aliphatic carbocycles. The van der Waals surface area contributed by atoms with Crippen molar-refractivity contribution in [3.05, 3.63) is 23.8 Å². The van der Waals surface area contributed by atoms with Crippen LogP contribution in [0.1, 0.15) is 36.0 Å². The van der Waals surface area contributed by atoms with E-state index in [1.807, 2.05) is 0 Å². The molecule has 5 nitrogen and oxygen atoms in total. The minimum atomic E-state index is -1.12. The lowest BCUT2D eigenvalue weighted by Gasteiger charge is -2.24. The van der Waals surface area contributed by atoms with Gasteiger partial charge in [-0.25, -0.2) is 0 Å². The maximum absolute atomic E-state index is 12.5. The molecule has 6 heteroatoms. The number of carbonyl (C=O) groups excluding carboxylic acids is 1. The quantitative estimate of drug-likeness (QED) is 0.860. The van der Waals surface area contributed by atoms with E-state index >= 15 is 0 Å². The second kappa shape index (κ2) is 7.01. The molecule has 3 rings (SSSR count). The van der Waals surface area contributed by atoms with Gasteiger partial charge in [-0.05, 0) is 50.4 Å². The van der Waals surface area contributed by atoms with Crippen molar-refractivity contribution < 1.29 is 13.7 Å². The Hall–Kier alpha value is -1.40. The first-order chi connectivity index (χ1) is 11.1. The van der Waals surface area contributed by atoms with Gasteiger partial charge in [0.15, 0.2) is 0 Å². The van der Waals surface area contributed by atoms with Crippen molar-refractivity contribution >= 4 is 16.7 Å². The van der Waals surface area contributed by atoms with Crippen LogP contribution < -0.4 is 10.1 Å². The Morgan fingerprint density at radius 2 is 2.17 bits per heavy atom. The summed E-state index contributed by atoms with van der Waals surface area (Å²) in [5, 5.41) is 3.03. The number of carbonyl (C=O) groups is 1. The number of amides is 1. The van der Waals surface area contributed by atoms with Crippen LogP contribution in [-0.4, -0.2) is 53.6 Å². The monoisotopic (exact) mass is 336 g/mol. The first-order valence-electron chi connectivity index (χ1n) is 8.15. The van der Waals surface area contributed by atoms with Gasteiger partial charge < -0.3 is 10.1 Å². The molecule has 1 aromatic rings. The Morgan fingerprint density at radius 1 is 1.39 bits per heavy atom. The number of hydrogen-bond donors (Lipinski definition) is 1. The molecule has 1 aliphatic heterocycles. The third-order valence-electron chi connectivity index (χ3n) is 4.68. The highest BCUT2D eigenvalue weighted by Gasteiger charge is 2.36. The van der Waals surface area contributed by atoms with E-state index in [0.29, 0.717) is 28.8 Å². The predicted molar refractivity (Wildman–Crippen MR) is 90.4 cm³/mol. The molecule has 1 N–H and O–H groups in total. The zero-order valence-corrected chi connectivity index (χ0v) is 14.5. The molecule has 2 aliphatic rings. The SMILES string of the molecule is COc1ccc(S(C)=O)cc1C(=O)NCC1CCCN1C1CC1. The molecule has 1 saturated heterocycles. The summed E-state index contributed by atoms with van der Waals surface area (Å²) in [7, 11) is 0.423. The number of ether oxygens (including phenoxy) is 1. The van der Waals surface area contributed by atoms with Crippen molar-refractivity contribution in [2.45, 2.75) is 42.7 Å². The van der Waals surface area contributed by atoms with Gasteiger partial charge in [-0.1, -0.05) is 0 Å². The lowest BCUT2D eigenvalue weighted by atomic mass is 10.1. The predicted octanol–water partition coefficient (Wildman–Crippen LogP) is 1.79. The third-order valence-corrected chi connectivity index (χ3v) is 5.60. The molecule has 1 amide bonds. The molecule has 0 spiro atoms. The molecular formula is C17H24N2O3S. The molecule has 0 aromatic heterocycles. The van der Waals surface area contributed by atoms with Crippen LogP contribution in [0, 0.1) is 0 Å². The summed E-state index contributed by atoms with van der Waals surface area (Å²) in [6.45, 7) is 1.82. The smallest absolute Gasteiger partial charge is 0.255 e. The van der Waals surface area contributed by atoms with E-state index in [-0.39, 0.29) is 5.91 Å². The van der Waals surface area contributed by atoms with Crippen molar-refractivity contribution in [2.75, 3.05) is 26.5 Å². The van der Waals surface area contributed by atoms with Crippen LogP contribution in [0.3, 0.4) is 0 Å². The molecular weight excluding hydrogens is 312 g/mol. The minimum Gasteiger partial charge on any atom is -0.496 e. The van der Waals surface area contributed by atoms with Gasteiger partial charge >= 0.3 is 0 Å². The molecule has 1 saturated carbocycles. The highest BCUT2D eigenvalue weighted by atomic mass is 32.2. The maximum Gasteiger partial charge on any atom is 0.255 e. The fourth-order valence-electron chi connectivity index (χ4n) is 3.31. The van der Waals surface area contributed by atoms with Crippen LogP contribution in [0.15, 0.2) is 23.1 Å². The molecule has 0 radical (unpaired) electrons. The molecule has 1 aromatic carbocycles. The third kappa shape index (κ3) is 3.75. The van der Waals surface area contributed by atoms with Gasteiger partial charge in [-0.2, -0.15) is 0 Å². The first-order valence-corrected chi connectivity index (χ1v) is 9.71. The lowest BCUT2D eigenvalue weighted by molar-refractivity contribution is 0.0936. The van der Waals surface area contributed by atoms with Gasteiger partial charge in [-0.3, -0.25) is 13.9 Å². The van der Waals surface area contributed by atoms with Crippen LogP contribution in [-0.2, 0) is 10.8 Å². The number of nitrogens with zero attached hydrogens (tertiary/aromatic N) is 1. The number of methoxy groups -OCH3 is 1. The number of hydrogen-bond acceptors (Lipinski definition) is 4. The molecule has 126 valence electrons. The number of likely N-dealkylation sites (tertiary alicyclic amines) is 1. The largest absolute Gasteiger partial charge is 0.496 e. The highest BCUT2D eigenvalue weighted by Crippen LogP contribution is 2.33. The van der Waals surface area contributed by atoms with E-state index in [2.05, 4.69) is 10.2 Å². The zero-order valence-electron chi connectivity index (χ0n) is 13.7. The van der Waals surface area contributed by atoms with Gasteiger partial charge in [0.05, 0.1) is 12.7 Å². The standard InChI is InChI=1S/C17H24N2O3S/c1-22-16-8-7-14(23(2)21)10-15(16)17(20)18-11-13-4-3-9-19(13)12-5-6-12/h7-8,10,12-13H,3-6,9,11H2,1-2H3,(H,18,20). The van der Waals surface area contributed by atoms with E-state index in [1.165, 1.54) is 19.3 Å². The molecule has 1 heterocycles. The average molecular weight is 336 g/mol. The second-order valence-corrected chi connectivity index (χ2v) is 7.67. The normalized spacial score (nSPS) is 22.8. The molecule has 23 heavy (non-hydrogen) atoms. The van der Waals surface area contributed by atoms with Gasteiger partial charge in [0.2, 0.25) is 0 Å². The fourth-order valence-corrected chi connectivity index (χ4v) is 3.86. The summed E-state index contributed by atoms with van der Waals surface area (Å²) in [6.07, 6.45) is 6.55. The second-order valence-electron chi connectivity index (χ2n) is 6.29. The van der Waals surface area contributed by atoms with Gasteiger partial charge in [0, 0.05) is 40.6 Å². The van der Waals surface area contributed by atoms with Crippen molar-refractivity contribution in [1.82, 2.24) is 10.2 Å². The lowest BCUT2D eigenvalue weighted by Crippen LogP contribution is -2.41. The number of benzene rings is 1. The summed E-state index contributed by atoms with van der Waals surface area (Å²) in [4.78, 5) is 15.7. The van der Waals surface area contributed by atoms with E-state index < -0.39 is 10.8 Å². The average Bonchev–Trinajstić information content (AvgIpc) is 3.30. The summed E-state index contributed by atoms with van der Waals surface area (Å²) in [6, 6.07) is 6.29. The Bertz CT molecular complexity index is 616. The zero-order chi connectivity index (χ0) is 16.4. The van der Waals surface area contributed by atoms with Gasteiger partial charge in [-0.15, -0.1) is 0 Å². The Balaban J connectivity index is 1.67. The maximum atomic E-state index is 12.5. The van der Waals surface area contributed by atoms with Crippen LogP contribution >= 0.6 is 0 Å². The van der Waals surface area contributed by atoms with E-state index in [9.17, 15) is 9.00 Å². The summed E-state index contributed by atoms with van der Waals surface area (Å²) < 4.78 is 16.9.